The molecule has 0 saturated carbocycles. The predicted molar refractivity (Wildman–Crippen MR) is 84.0 cm³/mol. The van der Waals surface area contributed by atoms with Crippen molar-refractivity contribution in [3.63, 3.8) is 0 Å². The van der Waals surface area contributed by atoms with Crippen LogP contribution in [0.15, 0.2) is 21.1 Å². The van der Waals surface area contributed by atoms with Crippen molar-refractivity contribution in [1.29, 1.82) is 0 Å². The molecule has 0 bridgehead atoms. The van der Waals surface area contributed by atoms with Gasteiger partial charge in [-0.3, -0.25) is 0 Å². The first-order valence-corrected chi connectivity index (χ1v) is 9.08. The van der Waals surface area contributed by atoms with Crippen LogP contribution >= 0.6 is 31.9 Å². The second-order valence-corrected chi connectivity index (χ2v) is 8.45. The minimum atomic E-state index is -2.97. The van der Waals surface area contributed by atoms with Crippen molar-refractivity contribution in [3.8, 4) is 0 Å². The summed E-state index contributed by atoms with van der Waals surface area (Å²) in [6.07, 6.45) is 0. The highest BCUT2D eigenvalue weighted by Gasteiger charge is 2.15. The average molecular weight is 399 g/mol. The minimum absolute atomic E-state index is 0.134. The van der Waals surface area contributed by atoms with Crippen LogP contribution in [0.2, 0.25) is 0 Å². The van der Waals surface area contributed by atoms with Crippen LogP contribution in [0.1, 0.15) is 19.4 Å². The predicted octanol–water partition coefficient (Wildman–Crippen LogP) is 3.76. The van der Waals surface area contributed by atoms with E-state index in [9.17, 15) is 8.42 Å². The number of hydrogen-bond donors (Lipinski definition) is 1. The molecule has 18 heavy (non-hydrogen) atoms. The van der Waals surface area contributed by atoms with Crippen LogP contribution in [0, 0.1) is 6.92 Å². The fourth-order valence-corrected chi connectivity index (χ4v) is 4.35. The molecule has 1 aromatic carbocycles. The third-order valence-electron chi connectivity index (χ3n) is 2.52. The summed E-state index contributed by atoms with van der Waals surface area (Å²) < 4.78 is 25.0. The van der Waals surface area contributed by atoms with Gasteiger partial charge in [-0.15, -0.1) is 0 Å². The van der Waals surface area contributed by atoms with Gasteiger partial charge in [-0.25, -0.2) is 8.42 Å². The van der Waals surface area contributed by atoms with Crippen LogP contribution in [0.4, 0.5) is 5.69 Å². The number of anilines is 1. The lowest BCUT2D eigenvalue weighted by Gasteiger charge is -2.18. The molecule has 0 aliphatic carbocycles. The van der Waals surface area contributed by atoms with Crippen molar-refractivity contribution in [1.82, 2.24) is 0 Å². The molecule has 0 radical (unpaired) electrons. The maximum Gasteiger partial charge on any atom is 0.152 e. The molecule has 6 heteroatoms. The summed E-state index contributed by atoms with van der Waals surface area (Å²) in [4.78, 5) is 0. The van der Waals surface area contributed by atoms with Gasteiger partial charge in [0.15, 0.2) is 9.84 Å². The fourth-order valence-electron chi connectivity index (χ4n) is 1.62. The average Bonchev–Trinajstić information content (AvgIpc) is 2.22. The summed E-state index contributed by atoms with van der Waals surface area (Å²) >= 11 is 6.96. The zero-order valence-electron chi connectivity index (χ0n) is 10.6. The summed E-state index contributed by atoms with van der Waals surface area (Å²) in [5.74, 6) is 0.311. The Morgan fingerprint density at radius 3 is 2.22 bits per heavy atom. The number of hydrogen-bond acceptors (Lipinski definition) is 3. The molecule has 1 rings (SSSR count). The third kappa shape index (κ3) is 4.55. The molecule has 1 N–H and O–H groups in total. The lowest BCUT2D eigenvalue weighted by molar-refractivity contribution is 0.593. The van der Waals surface area contributed by atoms with Gasteiger partial charge in [-0.1, -0.05) is 6.92 Å². The smallest absolute Gasteiger partial charge is 0.152 e. The Morgan fingerprint density at radius 2 is 1.78 bits per heavy atom. The number of rotatable bonds is 5. The fraction of sp³-hybridized carbons (Fsp3) is 0.500. The first kappa shape index (κ1) is 16.0. The van der Waals surface area contributed by atoms with E-state index in [-0.39, 0.29) is 17.5 Å². The second kappa shape index (κ2) is 6.39. The molecule has 0 fully saturated rings. The molecule has 3 nitrogen and oxygen atoms in total. The minimum Gasteiger partial charge on any atom is -0.380 e. The summed E-state index contributed by atoms with van der Waals surface area (Å²) in [5, 5.41) is 3.22. The van der Waals surface area contributed by atoms with Gasteiger partial charge in [0, 0.05) is 20.7 Å². The molecular weight excluding hydrogens is 382 g/mol. The first-order chi connectivity index (χ1) is 8.25. The van der Waals surface area contributed by atoms with E-state index in [1.165, 1.54) is 0 Å². The van der Waals surface area contributed by atoms with Crippen LogP contribution in [0.5, 0.6) is 0 Å². The van der Waals surface area contributed by atoms with Gasteiger partial charge in [-0.05, 0) is 63.4 Å². The summed E-state index contributed by atoms with van der Waals surface area (Å²) in [6, 6.07) is 3.85. The number of halogens is 2. The highest BCUT2D eigenvalue weighted by Crippen LogP contribution is 2.32. The van der Waals surface area contributed by atoms with Crippen molar-refractivity contribution in [2.45, 2.75) is 26.8 Å². The molecule has 0 aromatic heterocycles. The van der Waals surface area contributed by atoms with Crippen molar-refractivity contribution >= 4 is 47.4 Å². The van der Waals surface area contributed by atoms with Crippen LogP contribution in [-0.4, -0.2) is 26.0 Å². The van der Waals surface area contributed by atoms with E-state index < -0.39 is 9.84 Å². The highest BCUT2D eigenvalue weighted by atomic mass is 79.9. The summed E-state index contributed by atoms with van der Waals surface area (Å²) in [5.41, 5.74) is 2.02. The van der Waals surface area contributed by atoms with Gasteiger partial charge in [0.2, 0.25) is 0 Å². The largest absolute Gasteiger partial charge is 0.380 e. The van der Waals surface area contributed by atoms with E-state index in [0.29, 0.717) is 0 Å². The maximum atomic E-state index is 11.6. The monoisotopic (exact) mass is 397 g/mol. The Morgan fingerprint density at radius 1 is 1.28 bits per heavy atom. The maximum absolute atomic E-state index is 11.6. The van der Waals surface area contributed by atoms with Crippen molar-refractivity contribution in [2.24, 2.45) is 0 Å². The van der Waals surface area contributed by atoms with E-state index in [4.69, 9.17) is 0 Å². The van der Waals surface area contributed by atoms with Crippen LogP contribution in [0.3, 0.4) is 0 Å². The molecule has 1 atom stereocenters. The molecular formula is C12H17Br2NO2S. The Balaban J connectivity index is 2.86. The van der Waals surface area contributed by atoms with Crippen molar-refractivity contribution in [2.75, 3.05) is 16.8 Å². The molecule has 1 aromatic rings. The van der Waals surface area contributed by atoms with Gasteiger partial charge in [0.05, 0.1) is 11.4 Å². The van der Waals surface area contributed by atoms with Crippen molar-refractivity contribution < 1.29 is 8.42 Å². The van der Waals surface area contributed by atoms with Crippen LogP contribution < -0.4 is 5.32 Å². The molecule has 0 heterocycles. The van der Waals surface area contributed by atoms with Gasteiger partial charge in [0.25, 0.3) is 0 Å². The standard InChI is InChI=1S/C12H17Br2NO2S/c1-4-18(16,17)7-9(3)15-12-10(13)5-8(2)6-11(12)14/h5-6,9,15H,4,7H2,1-3H3. The van der Waals surface area contributed by atoms with E-state index in [0.717, 1.165) is 20.2 Å². The van der Waals surface area contributed by atoms with E-state index in [2.05, 4.69) is 37.2 Å². The van der Waals surface area contributed by atoms with Gasteiger partial charge in [-0.2, -0.15) is 0 Å². The van der Waals surface area contributed by atoms with E-state index in [1.54, 1.807) is 6.92 Å². The quantitative estimate of drug-likeness (QED) is 0.821. The molecule has 0 saturated heterocycles. The Labute approximate surface area is 126 Å². The summed E-state index contributed by atoms with van der Waals surface area (Å²) in [6.45, 7) is 5.54. The number of nitrogens with one attached hydrogen (secondary N) is 1. The van der Waals surface area contributed by atoms with Crippen molar-refractivity contribution in [3.05, 3.63) is 26.6 Å². The third-order valence-corrected chi connectivity index (χ3v) is 5.66. The molecule has 102 valence electrons. The zero-order valence-corrected chi connectivity index (χ0v) is 14.6. The topological polar surface area (TPSA) is 46.2 Å². The highest BCUT2D eigenvalue weighted by molar-refractivity contribution is 9.11. The number of sulfone groups is 1. The van der Waals surface area contributed by atoms with Crippen LogP contribution in [-0.2, 0) is 9.84 Å². The lowest BCUT2D eigenvalue weighted by Crippen LogP contribution is -2.27. The van der Waals surface area contributed by atoms with Gasteiger partial charge >= 0.3 is 0 Å². The second-order valence-electron chi connectivity index (χ2n) is 4.35. The Hall–Kier alpha value is -0.0700. The van der Waals surface area contributed by atoms with E-state index >= 15 is 0 Å². The lowest BCUT2D eigenvalue weighted by atomic mass is 10.2. The molecule has 0 aliphatic rings. The molecule has 0 aliphatic heterocycles. The zero-order chi connectivity index (χ0) is 13.9. The SMILES string of the molecule is CCS(=O)(=O)CC(C)Nc1c(Br)cc(C)cc1Br. The number of benzene rings is 1. The molecule has 0 amide bonds. The van der Waals surface area contributed by atoms with Gasteiger partial charge in [0.1, 0.15) is 0 Å². The van der Waals surface area contributed by atoms with Crippen LogP contribution in [0.25, 0.3) is 0 Å². The Bertz CT molecular complexity index is 506. The summed E-state index contributed by atoms with van der Waals surface area (Å²) in [7, 11) is -2.97. The molecule has 0 spiro atoms. The normalized spacial score (nSPS) is 13.4. The number of aryl methyl sites for hydroxylation is 1. The van der Waals surface area contributed by atoms with Gasteiger partial charge < -0.3 is 5.32 Å². The first-order valence-electron chi connectivity index (χ1n) is 5.67. The molecule has 1 unspecified atom stereocenters. The Kier molecular flexibility index (Phi) is 5.67. The van der Waals surface area contributed by atoms with E-state index in [1.807, 2.05) is 26.0 Å².